The fourth-order valence-corrected chi connectivity index (χ4v) is 3.68. The summed E-state index contributed by atoms with van der Waals surface area (Å²) in [6, 6.07) is 0.321. The number of hydrogen-bond acceptors (Lipinski definition) is 2. The zero-order valence-electron chi connectivity index (χ0n) is 8.99. The van der Waals surface area contributed by atoms with E-state index in [0.717, 1.165) is 0 Å². The Morgan fingerprint density at radius 1 is 1.31 bits per heavy atom. The highest BCUT2D eigenvalue weighted by Crippen LogP contribution is 2.52. The summed E-state index contributed by atoms with van der Waals surface area (Å²) < 4.78 is 0.146. The molecule has 0 saturated carbocycles. The molecule has 0 aromatic carbocycles. The molecule has 0 aliphatic carbocycles. The van der Waals surface area contributed by atoms with Crippen molar-refractivity contribution >= 4 is 18.9 Å². The van der Waals surface area contributed by atoms with Gasteiger partial charge in [0, 0.05) is 11.2 Å². The van der Waals surface area contributed by atoms with Gasteiger partial charge >= 0.3 is 7.65 Å². The van der Waals surface area contributed by atoms with Crippen molar-refractivity contribution < 1.29 is 14.1 Å². The summed E-state index contributed by atoms with van der Waals surface area (Å²) in [5, 5.41) is 0. The van der Waals surface area contributed by atoms with Gasteiger partial charge in [0.2, 0.25) is 0 Å². The number of rotatable bonds is 5. The van der Waals surface area contributed by atoms with Crippen LogP contribution in [0.15, 0.2) is 0 Å². The third-order valence-electron chi connectivity index (χ3n) is 2.07. The molecule has 0 fully saturated rings. The van der Waals surface area contributed by atoms with Crippen molar-refractivity contribution in [2.45, 2.75) is 46.7 Å². The lowest BCUT2D eigenvalue weighted by atomic mass is 10.3. The van der Waals surface area contributed by atoms with Crippen LogP contribution in [0.1, 0.15) is 34.6 Å². The first-order chi connectivity index (χ1) is 5.89. The molecule has 1 atom stereocenters. The van der Waals surface area contributed by atoms with Crippen LogP contribution in [0.25, 0.3) is 0 Å². The van der Waals surface area contributed by atoms with Crippen LogP contribution >= 0.6 is 18.9 Å². The maximum absolute atomic E-state index is 9.61. The predicted molar refractivity (Wildman–Crippen MR) is 57.2 cm³/mol. The topological polar surface area (TPSA) is 29.5 Å². The molecule has 5 heteroatoms. The molecular formula is C8H20ClNO2P+. The van der Waals surface area contributed by atoms with Gasteiger partial charge in [0.1, 0.15) is 18.7 Å². The Kier molecular flexibility index (Phi) is 5.73. The Morgan fingerprint density at radius 3 is 1.77 bits per heavy atom. The van der Waals surface area contributed by atoms with Crippen molar-refractivity contribution in [2.24, 2.45) is 0 Å². The van der Waals surface area contributed by atoms with Crippen LogP contribution in [0.3, 0.4) is 0 Å². The summed E-state index contributed by atoms with van der Waals surface area (Å²) in [4.78, 5) is 15.2. The molecule has 13 heavy (non-hydrogen) atoms. The van der Waals surface area contributed by atoms with Crippen LogP contribution in [-0.4, -0.2) is 28.0 Å². The van der Waals surface area contributed by atoms with Gasteiger partial charge in [-0.3, -0.25) is 0 Å². The first-order valence-corrected chi connectivity index (χ1v) is 6.73. The van der Waals surface area contributed by atoms with Gasteiger partial charge in [-0.2, -0.15) is 4.84 Å². The Bertz CT molecular complexity index is 131. The molecule has 1 unspecified atom stereocenters. The molecule has 80 valence electrons. The zero-order valence-corrected chi connectivity index (χ0v) is 10.6. The predicted octanol–water partition coefficient (Wildman–Crippen LogP) is 3.03. The molecule has 1 N–H and O–H groups in total. The van der Waals surface area contributed by atoms with E-state index < -0.39 is 7.65 Å². The molecule has 0 aromatic heterocycles. The van der Waals surface area contributed by atoms with Crippen molar-refractivity contribution in [3.63, 3.8) is 0 Å². The van der Waals surface area contributed by atoms with Gasteiger partial charge in [-0.1, -0.05) is 0 Å². The van der Waals surface area contributed by atoms with Crippen LogP contribution in [0.5, 0.6) is 0 Å². The van der Waals surface area contributed by atoms with E-state index in [1.807, 2.05) is 34.6 Å². The number of nitrogens with zero attached hydrogens (tertiary/aromatic N) is 1. The number of halogens is 1. The molecule has 0 aromatic rings. The minimum absolute atomic E-state index is 0.146. The molecular weight excluding hydrogens is 209 g/mol. The Hall–Kier alpha value is 0.600. The largest absolute Gasteiger partial charge is 0.391 e. The molecule has 0 radical (unpaired) electrons. The van der Waals surface area contributed by atoms with E-state index in [2.05, 4.69) is 0 Å². The van der Waals surface area contributed by atoms with Crippen LogP contribution < -0.4 is 0 Å². The SMILES string of the molecule is CCO[N+](C(C)C)(C(C)C)P(O)Cl. The molecule has 0 aliphatic rings. The number of hydrogen-bond donors (Lipinski definition) is 1. The van der Waals surface area contributed by atoms with E-state index in [1.54, 1.807) is 0 Å². The average Bonchev–Trinajstić information content (AvgIpc) is 1.97. The lowest BCUT2D eigenvalue weighted by molar-refractivity contribution is -1.04. The number of quaternary nitrogens is 1. The van der Waals surface area contributed by atoms with Gasteiger partial charge < -0.3 is 4.89 Å². The molecule has 3 nitrogen and oxygen atoms in total. The molecule has 0 bridgehead atoms. The first-order valence-electron chi connectivity index (χ1n) is 4.57. The third-order valence-corrected chi connectivity index (χ3v) is 4.34. The zero-order chi connectivity index (χ0) is 10.6. The first kappa shape index (κ1) is 13.6. The van der Waals surface area contributed by atoms with Gasteiger partial charge in [-0.05, 0) is 34.6 Å². The second kappa shape index (κ2) is 5.47. The molecule has 0 rings (SSSR count). The Labute approximate surface area is 86.9 Å². The highest BCUT2D eigenvalue weighted by Gasteiger charge is 2.45. The lowest BCUT2D eigenvalue weighted by Crippen LogP contribution is -2.52. The van der Waals surface area contributed by atoms with E-state index in [4.69, 9.17) is 16.1 Å². The second-order valence-corrected chi connectivity index (χ2v) is 5.53. The van der Waals surface area contributed by atoms with Crippen LogP contribution in [-0.2, 0) is 4.84 Å². The Morgan fingerprint density at radius 2 is 1.69 bits per heavy atom. The lowest BCUT2D eigenvalue weighted by Gasteiger charge is -2.41. The van der Waals surface area contributed by atoms with Gasteiger partial charge in [-0.15, -0.1) is 4.42 Å². The summed E-state index contributed by atoms with van der Waals surface area (Å²) in [6.07, 6.45) is 0. The smallest absolute Gasteiger partial charge is 0.312 e. The second-order valence-electron chi connectivity index (χ2n) is 3.52. The quantitative estimate of drug-likeness (QED) is 0.579. The van der Waals surface area contributed by atoms with Crippen molar-refractivity contribution in [1.82, 2.24) is 0 Å². The number of hydroxylamine groups is 2. The van der Waals surface area contributed by atoms with E-state index in [0.29, 0.717) is 6.61 Å². The fourth-order valence-electron chi connectivity index (χ4n) is 1.53. The highest BCUT2D eigenvalue weighted by atomic mass is 35.7. The van der Waals surface area contributed by atoms with Crippen molar-refractivity contribution in [1.29, 1.82) is 0 Å². The molecule has 0 saturated heterocycles. The van der Waals surface area contributed by atoms with Crippen LogP contribution in [0.4, 0.5) is 0 Å². The average molecular weight is 229 g/mol. The Balaban J connectivity index is 4.82. The van der Waals surface area contributed by atoms with Gasteiger partial charge in [0.15, 0.2) is 0 Å². The summed E-state index contributed by atoms with van der Waals surface area (Å²) in [5.41, 5.74) is 0. The molecule has 0 spiro atoms. The standard InChI is InChI=1S/C8H20ClNO2P/c1-6-12-10(7(2)3,8(4)5)13(9)11/h7-8,11H,6H2,1-5H3/q+1. The van der Waals surface area contributed by atoms with E-state index >= 15 is 0 Å². The third kappa shape index (κ3) is 2.77. The molecule has 0 aliphatic heterocycles. The van der Waals surface area contributed by atoms with Crippen molar-refractivity contribution in [3.05, 3.63) is 0 Å². The summed E-state index contributed by atoms with van der Waals surface area (Å²) in [7, 11) is -1.65. The minimum atomic E-state index is -1.65. The van der Waals surface area contributed by atoms with Gasteiger partial charge in [0.05, 0.1) is 0 Å². The van der Waals surface area contributed by atoms with Gasteiger partial charge in [-0.25, -0.2) is 0 Å². The van der Waals surface area contributed by atoms with Crippen LogP contribution in [0.2, 0.25) is 0 Å². The maximum atomic E-state index is 9.61. The van der Waals surface area contributed by atoms with Crippen LogP contribution in [0, 0.1) is 0 Å². The molecule has 0 heterocycles. The maximum Gasteiger partial charge on any atom is 0.391 e. The van der Waals surface area contributed by atoms with E-state index in [1.165, 1.54) is 0 Å². The fraction of sp³-hybridized carbons (Fsp3) is 1.00. The van der Waals surface area contributed by atoms with E-state index in [-0.39, 0.29) is 16.5 Å². The normalized spacial score (nSPS) is 15.5. The summed E-state index contributed by atoms with van der Waals surface area (Å²) >= 11 is 5.84. The highest BCUT2D eigenvalue weighted by molar-refractivity contribution is 7.74. The van der Waals surface area contributed by atoms with Crippen molar-refractivity contribution in [2.75, 3.05) is 6.61 Å². The minimum Gasteiger partial charge on any atom is -0.312 e. The van der Waals surface area contributed by atoms with E-state index in [9.17, 15) is 4.89 Å². The summed E-state index contributed by atoms with van der Waals surface area (Å²) in [5.74, 6) is 0. The van der Waals surface area contributed by atoms with Gasteiger partial charge in [0.25, 0.3) is 0 Å². The van der Waals surface area contributed by atoms with Crippen molar-refractivity contribution in [3.8, 4) is 0 Å². The summed E-state index contributed by atoms with van der Waals surface area (Å²) in [6.45, 7) is 10.5. The monoisotopic (exact) mass is 228 g/mol. The molecule has 0 amide bonds.